The number of carboxylic acids is 1. The Balaban J connectivity index is 1.45. The lowest BCUT2D eigenvalue weighted by Gasteiger charge is -2.71. The van der Waals surface area contributed by atoms with Crippen molar-refractivity contribution in [2.75, 3.05) is 31.7 Å². The van der Waals surface area contributed by atoms with E-state index in [4.69, 9.17) is 15.2 Å². The standard InChI is InChI=1S/C35H56N6O5/c1-20(2)21(3)31(5)13-14-33(7)23-9-10-26-32(6)18-45-19-35(26,24(23)11-12-34(33,8)27(31)29(43)44)17-25(28(32)46-16-15-36)41-39-30(38-40-41)37-22(4)42/h11,20-21,23,25-28H,9-10,12-19,36H2,1-8H3,(H,43,44)(H,37,39,42)/t21-,23+,25-,26+,27?,28+,31-,32?,33-,34+,35+/m1/s1. The van der Waals surface area contributed by atoms with Gasteiger partial charge in [-0.25, -0.2) is 0 Å². The number of ether oxygens (including phenoxy) is 2. The van der Waals surface area contributed by atoms with Gasteiger partial charge in [0, 0.05) is 24.3 Å². The molecule has 11 atom stereocenters. The average molecular weight is 641 g/mol. The van der Waals surface area contributed by atoms with Gasteiger partial charge in [0.1, 0.15) is 6.04 Å². The number of anilines is 1. The van der Waals surface area contributed by atoms with Crippen molar-refractivity contribution in [1.82, 2.24) is 20.2 Å². The Labute approximate surface area is 273 Å². The van der Waals surface area contributed by atoms with Crippen LogP contribution < -0.4 is 11.1 Å². The largest absolute Gasteiger partial charge is 0.481 e. The maximum atomic E-state index is 13.4. The van der Waals surface area contributed by atoms with Gasteiger partial charge in [0.25, 0.3) is 5.95 Å². The first-order chi connectivity index (χ1) is 21.6. The van der Waals surface area contributed by atoms with Gasteiger partial charge in [-0.2, -0.15) is 4.80 Å². The highest BCUT2D eigenvalue weighted by atomic mass is 16.5. The number of allylic oxidation sites excluding steroid dienone is 1. The molecule has 0 radical (unpaired) electrons. The van der Waals surface area contributed by atoms with Crippen molar-refractivity contribution in [2.45, 2.75) is 106 Å². The molecule has 6 rings (SSSR count). The van der Waals surface area contributed by atoms with Crippen molar-refractivity contribution >= 4 is 17.8 Å². The summed E-state index contributed by atoms with van der Waals surface area (Å²) in [5.41, 5.74) is 5.97. The molecule has 2 heterocycles. The zero-order valence-electron chi connectivity index (χ0n) is 29.1. The third kappa shape index (κ3) is 4.57. The van der Waals surface area contributed by atoms with Crippen LogP contribution in [-0.4, -0.2) is 69.7 Å². The van der Waals surface area contributed by atoms with Crippen molar-refractivity contribution < 1.29 is 24.2 Å². The minimum absolute atomic E-state index is 0.170. The molecule has 3 saturated carbocycles. The maximum absolute atomic E-state index is 13.4. The summed E-state index contributed by atoms with van der Waals surface area (Å²) in [6, 6.07) is -0.235. The summed E-state index contributed by atoms with van der Waals surface area (Å²) in [5.74, 6) is 0.137. The summed E-state index contributed by atoms with van der Waals surface area (Å²) in [4.78, 5) is 26.8. The number of hydrogen-bond donors (Lipinski definition) is 3. The van der Waals surface area contributed by atoms with Gasteiger partial charge in [0.15, 0.2) is 0 Å². The number of nitrogens with zero attached hydrogens (tertiary/aromatic N) is 4. The van der Waals surface area contributed by atoms with E-state index in [1.54, 1.807) is 4.80 Å². The maximum Gasteiger partial charge on any atom is 0.307 e. The molecule has 1 aromatic heterocycles. The predicted molar refractivity (Wildman–Crippen MR) is 174 cm³/mol. The quantitative estimate of drug-likeness (QED) is 0.329. The number of carbonyl (C=O) groups excluding carboxylic acids is 1. The topological polar surface area (TPSA) is 154 Å². The molecule has 4 fully saturated rings. The second-order valence-corrected chi connectivity index (χ2v) is 16.8. The highest BCUT2D eigenvalue weighted by Crippen LogP contribution is 2.75. The number of aromatic nitrogens is 4. The Morgan fingerprint density at radius 1 is 1.15 bits per heavy atom. The molecule has 0 aromatic carbocycles. The Hall–Kier alpha value is -2.37. The van der Waals surface area contributed by atoms with Crippen molar-refractivity contribution in [3.8, 4) is 0 Å². The third-order valence-corrected chi connectivity index (χ3v) is 14.5. The zero-order chi connectivity index (χ0) is 33.4. The number of rotatable bonds is 8. The monoisotopic (exact) mass is 640 g/mol. The number of hydrogen-bond acceptors (Lipinski definition) is 8. The lowest BCUT2D eigenvalue weighted by molar-refractivity contribution is -0.250. The van der Waals surface area contributed by atoms with Gasteiger partial charge in [-0.05, 0) is 83.7 Å². The average Bonchev–Trinajstić information content (AvgIpc) is 3.43. The Bertz CT molecular complexity index is 1400. The molecule has 1 aliphatic heterocycles. The Kier molecular flexibility index (Phi) is 8.28. The lowest BCUT2D eigenvalue weighted by Crippen LogP contribution is -2.69. The molecule has 2 unspecified atom stereocenters. The van der Waals surface area contributed by atoms with Gasteiger partial charge in [0.05, 0.1) is 31.8 Å². The predicted octanol–water partition coefficient (Wildman–Crippen LogP) is 5.11. The van der Waals surface area contributed by atoms with Gasteiger partial charge in [-0.3, -0.25) is 14.9 Å². The molecule has 46 heavy (non-hydrogen) atoms. The molecule has 256 valence electrons. The van der Waals surface area contributed by atoms with Gasteiger partial charge in [-0.1, -0.05) is 65.2 Å². The van der Waals surface area contributed by atoms with E-state index in [1.165, 1.54) is 12.5 Å². The van der Waals surface area contributed by atoms with Crippen LogP contribution in [0.5, 0.6) is 0 Å². The summed E-state index contributed by atoms with van der Waals surface area (Å²) < 4.78 is 13.2. The molecule has 2 bridgehead atoms. The van der Waals surface area contributed by atoms with E-state index in [0.29, 0.717) is 44.1 Å². The van der Waals surface area contributed by atoms with Crippen molar-refractivity contribution in [3.63, 3.8) is 0 Å². The minimum atomic E-state index is -0.648. The van der Waals surface area contributed by atoms with Crippen LogP contribution in [0.15, 0.2) is 11.6 Å². The number of carbonyl (C=O) groups is 2. The fourth-order valence-corrected chi connectivity index (χ4v) is 11.9. The normalized spacial score (nSPS) is 44.0. The van der Waals surface area contributed by atoms with Gasteiger partial charge < -0.3 is 20.3 Å². The van der Waals surface area contributed by atoms with E-state index in [0.717, 1.165) is 38.5 Å². The fourth-order valence-electron chi connectivity index (χ4n) is 11.9. The zero-order valence-corrected chi connectivity index (χ0v) is 29.1. The SMILES string of the molecule is CC(=O)Nc1nnn([C@@H]2C[C@@]34COCC(C)([C@H]2OCCN)[C@@H]3CC[C@H]2C4=CC[C@@]3(C)C(C(=O)O)[C@@](C)([C@H](C)C(C)C)CC[C@]23C)n1. The number of nitrogens with two attached hydrogens (primary N) is 1. The van der Waals surface area contributed by atoms with E-state index in [9.17, 15) is 14.7 Å². The van der Waals surface area contributed by atoms with Crippen LogP contribution in [0.25, 0.3) is 0 Å². The first-order valence-electron chi connectivity index (χ1n) is 17.5. The van der Waals surface area contributed by atoms with Crippen molar-refractivity contribution in [1.29, 1.82) is 0 Å². The van der Waals surface area contributed by atoms with Crippen molar-refractivity contribution in [2.24, 2.45) is 62.4 Å². The van der Waals surface area contributed by atoms with E-state index in [2.05, 4.69) is 75.3 Å². The number of tetrazole rings is 1. The summed E-state index contributed by atoms with van der Waals surface area (Å²) in [5, 5.41) is 26.9. The molecule has 1 saturated heterocycles. The van der Waals surface area contributed by atoms with Crippen LogP contribution in [0.1, 0.15) is 100.0 Å². The van der Waals surface area contributed by atoms with Crippen molar-refractivity contribution in [3.05, 3.63) is 11.6 Å². The molecular formula is C35H56N6O5. The molecule has 4 N–H and O–H groups in total. The lowest BCUT2D eigenvalue weighted by atomic mass is 9.34. The molecule has 1 aromatic rings. The fraction of sp³-hybridized carbons (Fsp3) is 0.857. The number of amides is 1. The molecule has 4 aliphatic carbocycles. The summed E-state index contributed by atoms with van der Waals surface area (Å²) >= 11 is 0. The summed E-state index contributed by atoms with van der Waals surface area (Å²) in [6.45, 7) is 19.4. The van der Waals surface area contributed by atoms with Crippen LogP contribution in [0.2, 0.25) is 0 Å². The third-order valence-electron chi connectivity index (χ3n) is 14.5. The van der Waals surface area contributed by atoms with Crippen LogP contribution in [0.3, 0.4) is 0 Å². The molecular weight excluding hydrogens is 584 g/mol. The van der Waals surface area contributed by atoms with Gasteiger partial charge in [-0.15, -0.1) is 5.10 Å². The smallest absolute Gasteiger partial charge is 0.307 e. The first kappa shape index (κ1) is 33.5. The highest BCUT2D eigenvalue weighted by Gasteiger charge is 2.72. The van der Waals surface area contributed by atoms with Crippen LogP contribution >= 0.6 is 0 Å². The van der Waals surface area contributed by atoms with E-state index in [1.807, 2.05) is 0 Å². The second-order valence-electron chi connectivity index (χ2n) is 16.8. The second kappa shape index (κ2) is 11.4. The van der Waals surface area contributed by atoms with Crippen LogP contribution in [0.4, 0.5) is 5.95 Å². The van der Waals surface area contributed by atoms with Crippen LogP contribution in [-0.2, 0) is 19.1 Å². The molecule has 11 nitrogen and oxygen atoms in total. The van der Waals surface area contributed by atoms with Gasteiger partial charge >= 0.3 is 5.97 Å². The van der Waals surface area contributed by atoms with E-state index >= 15 is 0 Å². The summed E-state index contributed by atoms with van der Waals surface area (Å²) in [7, 11) is 0. The molecule has 11 heteroatoms. The van der Waals surface area contributed by atoms with E-state index < -0.39 is 11.9 Å². The Morgan fingerprint density at radius 2 is 1.89 bits per heavy atom. The first-order valence-corrected chi connectivity index (χ1v) is 17.5. The molecule has 5 aliphatic rings. The van der Waals surface area contributed by atoms with E-state index in [-0.39, 0.29) is 57.0 Å². The van der Waals surface area contributed by atoms with Crippen LogP contribution in [0, 0.1) is 56.7 Å². The number of carboxylic acid groups (broad SMARTS) is 1. The molecule has 0 spiro atoms. The minimum Gasteiger partial charge on any atom is -0.481 e. The number of aliphatic carboxylic acids is 1. The summed E-state index contributed by atoms with van der Waals surface area (Å²) in [6.07, 6.45) is 7.65. The molecule has 1 amide bonds. The Morgan fingerprint density at radius 3 is 2.54 bits per heavy atom. The van der Waals surface area contributed by atoms with Gasteiger partial charge in [0.2, 0.25) is 5.91 Å². The number of fused-ring (bicyclic) bond motifs is 3. The number of nitrogens with one attached hydrogen (secondary N) is 1. The highest BCUT2D eigenvalue weighted by molar-refractivity contribution is 5.86.